The minimum Gasteiger partial charge on any atom is -0.507 e. The fourth-order valence-electron chi connectivity index (χ4n) is 4.53. The molecule has 0 saturated heterocycles. The van der Waals surface area contributed by atoms with Crippen LogP contribution in [0, 0.1) is 0 Å². The second kappa shape index (κ2) is 9.23. The second-order valence-corrected chi connectivity index (χ2v) is 10.2. The Balaban J connectivity index is 0.000000155. The second-order valence-electron chi connectivity index (χ2n) is 8.49. The number of ketones is 4. The predicted molar refractivity (Wildman–Crippen MR) is 147 cm³/mol. The van der Waals surface area contributed by atoms with Gasteiger partial charge in [0.05, 0.1) is 33.6 Å². The summed E-state index contributed by atoms with van der Waals surface area (Å²) in [7, 11) is 0. The Morgan fingerprint density at radius 1 is 0.500 bits per heavy atom. The van der Waals surface area contributed by atoms with Gasteiger partial charge in [-0.2, -0.15) is 0 Å². The van der Waals surface area contributed by atoms with Crippen molar-refractivity contribution in [1.82, 2.24) is 0 Å². The van der Waals surface area contributed by atoms with E-state index in [9.17, 15) is 29.4 Å². The molecule has 0 amide bonds. The van der Waals surface area contributed by atoms with Crippen LogP contribution in [0.15, 0.2) is 69.6 Å². The van der Waals surface area contributed by atoms with E-state index in [-0.39, 0.29) is 79.4 Å². The fourth-order valence-corrected chi connectivity index (χ4v) is 5.36. The molecule has 0 heterocycles. The molecule has 0 atom stereocenters. The molecule has 38 heavy (non-hydrogen) atoms. The van der Waals surface area contributed by atoms with Gasteiger partial charge in [-0.05, 0) is 44.0 Å². The van der Waals surface area contributed by atoms with E-state index in [2.05, 4.69) is 31.9 Å². The van der Waals surface area contributed by atoms with Crippen molar-refractivity contribution in [2.24, 2.45) is 0 Å². The van der Waals surface area contributed by atoms with Gasteiger partial charge in [0, 0.05) is 31.2 Å². The molecule has 10 heteroatoms. The number of nitrogen functional groups attached to an aromatic ring is 2. The number of hydrogen-bond acceptors (Lipinski definition) is 8. The topological polar surface area (TPSA) is 161 Å². The zero-order chi connectivity index (χ0) is 27.5. The lowest BCUT2D eigenvalue weighted by Crippen LogP contribution is -2.22. The van der Waals surface area contributed by atoms with E-state index in [0.717, 1.165) is 0 Å². The van der Waals surface area contributed by atoms with Gasteiger partial charge in [0.2, 0.25) is 0 Å². The average molecular weight is 636 g/mol. The highest BCUT2D eigenvalue weighted by atomic mass is 79.9. The Labute approximate surface area is 232 Å². The van der Waals surface area contributed by atoms with E-state index in [1.165, 1.54) is 12.1 Å². The normalized spacial score (nSPS) is 13.1. The van der Waals surface area contributed by atoms with Crippen LogP contribution in [0.3, 0.4) is 0 Å². The van der Waals surface area contributed by atoms with Gasteiger partial charge in [-0.25, -0.2) is 0 Å². The molecule has 0 fully saturated rings. The van der Waals surface area contributed by atoms with Crippen molar-refractivity contribution in [2.75, 3.05) is 11.5 Å². The number of carbonyl (C=O) groups is 4. The third-order valence-corrected chi connectivity index (χ3v) is 7.65. The summed E-state index contributed by atoms with van der Waals surface area (Å²) in [6.07, 6.45) is 0. The first kappa shape index (κ1) is 25.4. The van der Waals surface area contributed by atoms with Crippen LogP contribution in [-0.2, 0) is 0 Å². The Morgan fingerprint density at radius 3 is 1.05 bits per heavy atom. The van der Waals surface area contributed by atoms with E-state index in [1.54, 1.807) is 48.5 Å². The summed E-state index contributed by atoms with van der Waals surface area (Å²) < 4.78 is 0.786. The molecule has 0 spiro atoms. The monoisotopic (exact) mass is 634 g/mol. The van der Waals surface area contributed by atoms with Crippen LogP contribution in [0.5, 0.6) is 11.5 Å². The maximum Gasteiger partial charge on any atom is 0.198 e. The Bertz CT molecular complexity index is 1630. The summed E-state index contributed by atoms with van der Waals surface area (Å²) in [5, 5.41) is 19.8. The van der Waals surface area contributed by atoms with Crippen molar-refractivity contribution in [3.05, 3.63) is 114 Å². The van der Waals surface area contributed by atoms with Crippen LogP contribution in [-0.4, -0.2) is 33.3 Å². The molecule has 4 aromatic rings. The van der Waals surface area contributed by atoms with Crippen molar-refractivity contribution < 1.29 is 29.4 Å². The van der Waals surface area contributed by atoms with Crippen LogP contribution >= 0.6 is 31.9 Å². The van der Waals surface area contributed by atoms with E-state index < -0.39 is 0 Å². The first-order valence-electron chi connectivity index (χ1n) is 11.0. The number of phenols is 2. The smallest absolute Gasteiger partial charge is 0.198 e. The number of hydrogen-bond donors (Lipinski definition) is 4. The summed E-state index contributed by atoms with van der Waals surface area (Å²) in [5.41, 5.74) is 13.3. The lowest BCUT2D eigenvalue weighted by molar-refractivity contribution is 0.0977. The zero-order valence-corrected chi connectivity index (χ0v) is 22.4. The van der Waals surface area contributed by atoms with Crippen molar-refractivity contribution >= 4 is 66.4 Å². The highest BCUT2D eigenvalue weighted by Gasteiger charge is 2.35. The molecular formula is C28H16Br2N2O6. The SMILES string of the molecule is Nc1c(Br)cc(O)c2c1C(=O)c1ccccc1C2=O.Nc1c(Br)cc(O)c2c1C(=O)c1ccccc1C2=O. The number of phenolic OH excluding ortho intramolecular Hbond substituents is 2. The third kappa shape index (κ3) is 3.72. The van der Waals surface area contributed by atoms with E-state index in [0.29, 0.717) is 20.1 Å². The molecule has 0 radical (unpaired) electrons. The minimum absolute atomic E-state index is 0.0237. The summed E-state index contributed by atoms with van der Waals surface area (Å²) in [6.45, 7) is 0. The molecule has 188 valence electrons. The molecule has 0 unspecified atom stereocenters. The number of anilines is 2. The number of fused-ring (bicyclic) bond motifs is 4. The lowest BCUT2D eigenvalue weighted by Gasteiger charge is -2.20. The Morgan fingerprint density at radius 2 is 0.763 bits per heavy atom. The summed E-state index contributed by atoms with van der Waals surface area (Å²) in [6, 6.07) is 15.7. The van der Waals surface area contributed by atoms with Gasteiger partial charge in [-0.3, -0.25) is 19.2 Å². The van der Waals surface area contributed by atoms with Crippen LogP contribution < -0.4 is 11.5 Å². The number of nitrogens with two attached hydrogens (primary N) is 2. The van der Waals surface area contributed by atoms with Crippen LogP contribution in [0.1, 0.15) is 63.7 Å². The first-order valence-corrected chi connectivity index (χ1v) is 12.6. The van der Waals surface area contributed by atoms with Gasteiger partial charge in [0.1, 0.15) is 11.5 Å². The molecule has 6 N–H and O–H groups in total. The largest absolute Gasteiger partial charge is 0.507 e. The predicted octanol–water partition coefficient (Wildman–Crippen LogP) is 5.02. The highest BCUT2D eigenvalue weighted by molar-refractivity contribution is 9.11. The van der Waals surface area contributed by atoms with Gasteiger partial charge in [0.25, 0.3) is 0 Å². The van der Waals surface area contributed by atoms with Crippen molar-refractivity contribution in [1.29, 1.82) is 0 Å². The fraction of sp³-hybridized carbons (Fsp3) is 0. The number of aromatic hydroxyl groups is 2. The molecule has 6 rings (SSSR count). The molecule has 4 aromatic carbocycles. The van der Waals surface area contributed by atoms with Gasteiger partial charge < -0.3 is 21.7 Å². The Hall–Kier alpha value is -4.28. The van der Waals surface area contributed by atoms with Crippen molar-refractivity contribution in [3.8, 4) is 11.5 Å². The standard InChI is InChI=1S/2C14H8BrNO3/c2*15-8-5-9(17)10-11(12(8)16)14(19)7-4-2-1-3-6(7)13(10)18/h2*1-5,17H,16H2. The molecule has 8 nitrogen and oxygen atoms in total. The van der Waals surface area contributed by atoms with E-state index in [1.807, 2.05) is 0 Å². The molecule has 0 aliphatic heterocycles. The number of carbonyl (C=O) groups excluding carboxylic acids is 4. The summed E-state index contributed by atoms with van der Waals surface area (Å²) in [4.78, 5) is 49.5. The molecule has 0 bridgehead atoms. The van der Waals surface area contributed by atoms with Crippen molar-refractivity contribution in [2.45, 2.75) is 0 Å². The molecule has 2 aliphatic carbocycles. The molecular weight excluding hydrogens is 620 g/mol. The average Bonchev–Trinajstić information content (AvgIpc) is 2.90. The molecule has 2 aliphatic rings. The molecule has 0 saturated carbocycles. The highest BCUT2D eigenvalue weighted by Crippen LogP contribution is 2.41. The summed E-state index contributed by atoms with van der Waals surface area (Å²) in [5.74, 6) is -1.96. The lowest BCUT2D eigenvalue weighted by atomic mass is 9.83. The third-order valence-electron chi connectivity index (χ3n) is 6.33. The van der Waals surface area contributed by atoms with E-state index in [4.69, 9.17) is 11.5 Å². The molecule has 0 aromatic heterocycles. The quantitative estimate of drug-likeness (QED) is 0.134. The number of halogens is 2. The van der Waals surface area contributed by atoms with Crippen LogP contribution in [0.4, 0.5) is 11.4 Å². The zero-order valence-electron chi connectivity index (χ0n) is 19.2. The first-order chi connectivity index (χ1) is 18.0. The number of benzene rings is 4. The van der Waals surface area contributed by atoms with Crippen molar-refractivity contribution in [3.63, 3.8) is 0 Å². The maximum absolute atomic E-state index is 12.4. The van der Waals surface area contributed by atoms with Crippen LogP contribution in [0.25, 0.3) is 0 Å². The van der Waals surface area contributed by atoms with E-state index >= 15 is 0 Å². The van der Waals surface area contributed by atoms with Gasteiger partial charge in [0.15, 0.2) is 23.1 Å². The van der Waals surface area contributed by atoms with Gasteiger partial charge in [-0.15, -0.1) is 0 Å². The number of rotatable bonds is 0. The summed E-state index contributed by atoms with van der Waals surface area (Å²) >= 11 is 6.33. The Kier molecular flexibility index (Phi) is 6.16. The minimum atomic E-state index is -0.387. The van der Waals surface area contributed by atoms with Crippen LogP contribution in [0.2, 0.25) is 0 Å². The maximum atomic E-state index is 12.4. The van der Waals surface area contributed by atoms with Gasteiger partial charge in [-0.1, -0.05) is 48.5 Å². The van der Waals surface area contributed by atoms with Gasteiger partial charge >= 0.3 is 0 Å².